The van der Waals surface area contributed by atoms with Crippen LogP contribution in [0.4, 0.5) is 0 Å². The molecule has 0 aliphatic heterocycles. The zero-order chi connectivity index (χ0) is 12.6. The molecule has 1 unspecified atom stereocenters. The fourth-order valence-electron chi connectivity index (χ4n) is 1.88. The fourth-order valence-corrected chi connectivity index (χ4v) is 1.88. The van der Waals surface area contributed by atoms with Gasteiger partial charge in [-0.25, -0.2) is 0 Å². The Hall–Kier alpha value is -0.0800. The Morgan fingerprint density at radius 2 is 1.62 bits per heavy atom. The van der Waals surface area contributed by atoms with Crippen LogP contribution in [0.25, 0.3) is 0 Å². The van der Waals surface area contributed by atoms with Gasteiger partial charge in [-0.2, -0.15) is 0 Å². The van der Waals surface area contributed by atoms with Crippen molar-refractivity contribution in [2.24, 2.45) is 5.92 Å². The SMILES string of the molecule is CC(C)CC(C)NCCCCN(C)C(C)C. The van der Waals surface area contributed by atoms with Gasteiger partial charge in [0, 0.05) is 12.1 Å². The molecule has 98 valence electrons. The Morgan fingerprint density at radius 1 is 1.00 bits per heavy atom. The molecule has 0 saturated heterocycles. The summed E-state index contributed by atoms with van der Waals surface area (Å²) in [6.07, 6.45) is 3.88. The van der Waals surface area contributed by atoms with Gasteiger partial charge in [0.05, 0.1) is 0 Å². The molecule has 1 atom stereocenters. The Kier molecular flexibility index (Phi) is 8.96. The van der Waals surface area contributed by atoms with Crippen LogP contribution >= 0.6 is 0 Å². The Labute approximate surface area is 103 Å². The molecule has 0 aromatic rings. The first-order chi connectivity index (χ1) is 7.43. The molecule has 0 fully saturated rings. The Morgan fingerprint density at radius 3 is 2.12 bits per heavy atom. The van der Waals surface area contributed by atoms with Crippen LogP contribution in [0.1, 0.15) is 53.9 Å². The van der Waals surface area contributed by atoms with E-state index in [2.05, 4.69) is 51.9 Å². The highest BCUT2D eigenvalue weighted by molar-refractivity contribution is 4.63. The molecule has 0 aromatic carbocycles. The Balaban J connectivity index is 3.33. The van der Waals surface area contributed by atoms with Crippen LogP contribution in [0, 0.1) is 5.92 Å². The molecule has 2 heteroatoms. The molecule has 0 aliphatic rings. The predicted octanol–water partition coefficient (Wildman–Crippen LogP) is 3.13. The van der Waals surface area contributed by atoms with E-state index in [1.165, 1.54) is 32.4 Å². The maximum absolute atomic E-state index is 3.60. The van der Waals surface area contributed by atoms with Gasteiger partial charge in [0.1, 0.15) is 0 Å². The van der Waals surface area contributed by atoms with Crippen LogP contribution in [0.5, 0.6) is 0 Å². The molecule has 0 spiro atoms. The van der Waals surface area contributed by atoms with E-state index >= 15 is 0 Å². The van der Waals surface area contributed by atoms with Crippen LogP contribution in [0.2, 0.25) is 0 Å². The van der Waals surface area contributed by atoms with Crippen molar-refractivity contribution in [3.8, 4) is 0 Å². The van der Waals surface area contributed by atoms with E-state index in [1.54, 1.807) is 0 Å². The molecule has 0 amide bonds. The van der Waals surface area contributed by atoms with Gasteiger partial charge in [-0.15, -0.1) is 0 Å². The summed E-state index contributed by atoms with van der Waals surface area (Å²) < 4.78 is 0. The van der Waals surface area contributed by atoms with Gasteiger partial charge >= 0.3 is 0 Å². The van der Waals surface area contributed by atoms with Gasteiger partial charge in [-0.05, 0) is 66.1 Å². The highest BCUT2D eigenvalue weighted by Crippen LogP contribution is 2.04. The monoisotopic (exact) mass is 228 g/mol. The maximum atomic E-state index is 3.60. The molecule has 0 heterocycles. The van der Waals surface area contributed by atoms with Crippen molar-refractivity contribution < 1.29 is 0 Å². The lowest BCUT2D eigenvalue weighted by molar-refractivity contribution is 0.267. The first kappa shape index (κ1) is 15.9. The predicted molar refractivity (Wildman–Crippen MR) is 73.9 cm³/mol. The molecule has 0 aromatic heterocycles. The molecule has 0 rings (SSSR count). The number of nitrogens with one attached hydrogen (secondary N) is 1. The van der Waals surface area contributed by atoms with E-state index < -0.39 is 0 Å². The minimum Gasteiger partial charge on any atom is -0.314 e. The van der Waals surface area contributed by atoms with Crippen LogP contribution in [0.15, 0.2) is 0 Å². The molecular weight excluding hydrogens is 196 g/mol. The summed E-state index contributed by atoms with van der Waals surface area (Å²) in [6, 6.07) is 1.34. The lowest BCUT2D eigenvalue weighted by atomic mass is 10.1. The molecule has 1 N–H and O–H groups in total. The van der Waals surface area contributed by atoms with Crippen LogP contribution < -0.4 is 5.32 Å². The topological polar surface area (TPSA) is 15.3 Å². The van der Waals surface area contributed by atoms with E-state index in [0.717, 1.165) is 5.92 Å². The smallest absolute Gasteiger partial charge is 0.00411 e. The van der Waals surface area contributed by atoms with Gasteiger partial charge < -0.3 is 10.2 Å². The third-order valence-electron chi connectivity index (χ3n) is 3.14. The summed E-state index contributed by atoms with van der Waals surface area (Å²) in [5.41, 5.74) is 0. The summed E-state index contributed by atoms with van der Waals surface area (Å²) >= 11 is 0. The van der Waals surface area contributed by atoms with Crippen molar-refractivity contribution in [1.82, 2.24) is 10.2 Å². The van der Waals surface area contributed by atoms with Gasteiger partial charge in [0.15, 0.2) is 0 Å². The number of rotatable bonds is 9. The Bertz CT molecular complexity index is 155. The average Bonchev–Trinajstić information content (AvgIpc) is 2.15. The average molecular weight is 228 g/mol. The minimum atomic E-state index is 0.669. The largest absolute Gasteiger partial charge is 0.314 e. The second-order valence-electron chi connectivity index (χ2n) is 5.77. The zero-order valence-corrected chi connectivity index (χ0v) is 12.2. The molecule has 16 heavy (non-hydrogen) atoms. The zero-order valence-electron chi connectivity index (χ0n) is 12.2. The number of nitrogens with zero attached hydrogens (tertiary/aromatic N) is 1. The highest BCUT2D eigenvalue weighted by atomic mass is 15.1. The van der Waals surface area contributed by atoms with Crippen molar-refractivity contribution in [2.75, 3.05) is 20.1 Å². The second kappa shape index (κ2) is 9.00. The van der Waals surface area contributed by atoms with E-state index in [0.29, 0.717) is 12.1 Å². The minimum absolute atomic E-state index is 0.669. The number of hydrogen-bond acceptors (Lipinski definition) is 2. The quantitative estimate of drug-likeness (QED) is 0.610. The van der Waals surface area contributed by atoms with E-state index in [9.17, 15) is 0 Å². The van der Waals surface area contributed by atoms with Gasteiger partial charge in [-0.1, -0.05) is 13.8 Å². The summed E-state index contributed by atoms with van der Waals surface area (Å²) in [6.45, 7) is 13.8. The third-order valence-corrected chi connectivity index (χ3v) is 3.14. The fraction of sp³-hybridized carbons (Fsp3) is 1.00. The van der Waals surface area contributed by atoms with Crippen LogP contribution in [-0.2, 0) is 0 Å². The van der Waals surface area contributed by atoms with Crippen molar-refractivity contribution in [3.63, 3.8) is 0 Å². The van der Waals surface area contributed by atoms with E-state index in [1.807, 2.05) is 0 Å². The first-order valence-corrected chi connectivity index (χ1v) is 6.87. The molecule has 0 aliphatic carbocycles. The van der Waals surface area contributed by atoms with Crippen molar-refractivity contribution in [1.29, 1.82) is 0 Å². The lowest BCUT2D eigenvalue weighted by Gasteiger charge is -2.21. The third kappa shape index (κ3) is 9.17. The summed E-state index contributed by atoms with van der Waals surface area (Å²) in [4.78, 5) is 2.41. The lowest BCUT2D eigenvalue weighted by Crippen LogP contribution is -2.30. The normalized spacial score (nSPS) is 14.1. The number of unbranched alkanes of at least 4 members (excludes halogenated alkanes) is 1. The summed E-state index contributed by atoms with van der Waals surface area (Å²) in [5.74, 6) is 0.801. The van der Waals surface area contributed by atoms with E-state index in [-0.39, 0.29) is 0 Å². The molecule has 0 bridgehead atoms. The van der Waals surface area contributed by atoms with Gasteiger partial charge in [-0.3, -0.25) is 0 Å². The maximum Gasteiger partial charge on any atom is 0.00411 e. The van der Waals surface area contributed by atoms with Crippen LogP contribution in [0.3, 0.4) is 0 Å². The van der Waals surface area contributed by atoms with Gasteiger partial charge in [0.25, 0.3) is 0 Å². The highest BCUT2D eigenvalue weighted by Gasteiger charge is 2.04. The van der Waals surface area contributed by atoms with Crippen molar-refractivity contribution in [3.05, 3.63) is 0 Å². The summed E-state index contributed by atoms with van der Waals surface area (Å²) in [5, 5.41) is 3.60. The molecule has 2 nitrogen and oxygen atoms in total. The van der Waals surface area contributed by atoms with E-state index in [4.69, 9.17) is 0 Å². The van der Waals surface area contributed by atoms with Gasteiger partial charge in [0.2, 0.25) is 0 Å². The molecule has 0 radical (unpaired) electrons. The van der Waals surface area contributed by atoms with Crippen molar-refractivity contribution >= 4 is 0 Å². The molecule has 0 saturated carbocycles. The van der Waals surface area contributed by atoms with Crippen LogP contribution in [-0.4, -0.2) is 37.1 Å². The molecular formula is C14H32N2. The summed E-state index contributed by atoms with van der Waals surface area (Å²) in [7, 11) is 2.21. The van der Waals surface area contributed by atoms with Crippen molar-refractivity contribution in [2.45, 2.75) is 66.0 Å². The number of hydrogen-bond donors (Lipinski definition) is 1. The first-order valence-electron chi connectivity index (χ1n) is 6.87. The standard InChI is InChI=1S/C14H32N2/c1-12(2)11-14(5)15-9-7-8-10-16(6)13(3)4/h12-15H,7-11H2,1-6H3. The second-order valence-corrected chi connectivity index (χ2v) is 5.77.